The number of aromatic nitrogens is 1. The monoisotopic (exact) mass is 355 g/mol. The summed E-state index contributed by atoms with van der Waals surface area (Å²) in [4.78, 5) is 14.1. The molecule has 0 amide bonds. The lowest BCUT2D eigenvalue weighted by atomic mass is 10.1. The molecule has 0 fully saturated rings. The SMILES string of the molecule is O=C(O)c1ccc(-c2ccc(-c3cc4c(F)ccc(Cl)c4o3)[nH]2)cc1. The van der Waals surface area contributed by atoms with Crippen LogP contribution in [0.15, 0.2) is 59.0 Å². The van der Waals surface area contributed by atoms with Crippen LogP contribution < -0.4 is 0 Å². The lowest BCUT2D eigenvalue weighted by Gasteiger charge is -1.99. The topological polar surface area (TPSA) is 66.2 Å². The van der Waals surface area contributed by atoms with Crippen molar-refractivity contribution < 1.29 is 18.7 Å². The van der Waals surface area contributed by atoms with Crippen molar-refractivity contribution in [2.45, 2.75) is 0 Å². The highest BCUT2D eigenvalue weighted by Gasteiger charge is 2.14. The number of halogens is 2. The van der Waals surface area contributed by atoms with E-state index in [0.29, 0.717) is 27.4 Å². The summed E-state index contributed by atoms with van der Waals surface area (Å²) in [5.41, 5.74) is 2.82. The Morgan fingerprint density at radius 3 is 2.44 bits per heavy atom. The van der Waals surface area contributed by atoms with Crippen LogP contribution in [0.3, 0.4) is 0 Å². The molecule has 2 heterocycles. The van der Waals surface area contributed by atoms with Gasteiger partial charge in [0.1, 0.15) is 5.82 Å². The molecule has 25 heavy (non-hydrogen) atoms. The Labute approximate surface area is 146 Å². The summed E-state index contributed by atoms with van der Waals surface area (Å²) in [5.74, 6) is -0.902. The molecule has 0 atom stereocenters. The number of carboxylic acids is 1. The number of rotatable bonds is 3. The predicted molar refractivity (Wildman–Crippen MR) is 93.4 cm³/mol. The standard InChI is InChI=1S/C19H11ClFNO3/c20-13-5-6-14(21)12-9-17(25-18(12)13)16-8-7-15(22-16)10-1-3-11(4-2-10)19(23)24/h1-9,22H,(H,23,24). The van der Waals surface area contributed by atoms with Gasteiger partial charge in [-0.05, 0) is 48.0 Å². The normalized spacial score (nSPS) is 11.1. The molecule has 6 heteroatoms. The summed E-state index contributed by atoms with van der Waals surface area (Å²) in [6.45, 7) is 0. The number of benzene rings is 2. The molecule has 4 rings (SSSR count). The molecule has 0 aliphatic carbocycles. The van der Waals surface area contributed by atoms with Crippen molar-refractivity contribution >= 4 is 28.5 Å². The van der Waals surface area contributed by atoms with Gasteiger partial charge in [-0.2, -0.15) is 0 Å². The van der Waals surface area contributed by atoms with E-state index in [-0.39, 0.29) is 5.56 Å². The zero-order valence-electron chi connectivity index (χ0n) is 12.7. The van der Waals surface area contributed by atoms with Crippen molar-refractivity contribution in [2.75, 3.05) is 0 Å². The summed E-state index contributed by atoms with van der Waals surface area (Å²) >= 11 is 6.05. The minimum Gasteiger partial charge on any atom is -0.478 e. The van der Waals surface area contributed by atoms with Crippen LogP contribution in [0.4, 0.5) is 4.39 Å². The van der Waals surface area contributed by atoms with Crippen molar-refractivity contribution in [3.05, 3.63) is 71.0 Å². The van der Waals surface area contributed by atoms with Gasteiger partial charge in [0.2, 0.25) is 0 Å². The van der Waals surface area contributed by atoms with Gasteiger partial charge < -0.3 is 14.5 Å². The number of furan rings is 1. The number of hydrogen-bond donors (Lipinski definition) is 2. The molecule has 0 aliphatic rings. The average molecular weight is 356 g/mol. The van der Waals surface area contributed by atoms with Gasteiger partial charge in [-0.1, -0.05) is 23.7 Å². The van der Waals surface area contributed by atoms with Gasteiger partial charge in [0.25, 0.3) is 0 Å². The first-order chi connectivity index (χ1) is 12.0. The molecule has 0 radical (unpaired) electrons. The quantitative estimate of drug-likeness (QED) is 0.503. The van der Waals surface area contributed by atoms with E-state index in [2.05, 4.69) is 4.98 Å². The Kier molecular flexibility index (Phi) is 3.58. The number of aromatic carboxylic acids is 1. The minimum atomic E-state index is -0.972. The van der Waals surface area contributed by atoms with Crippen LogP contribution in [-0.2, 0) is 0 Å². The zero-order valence-corrected chi connectivity index (χ0v) is 13.5. The van der Waals surface area contributed by atoms with Crippen LogP contribution in [0, 0.1) is 5.82 Å². The highest BCUT2D eigenvalue weighted by Crippen LogP contribution is 2.34. The molecule has 0 saturated heterocycles. The van der Waals surface area contributed by atoms with E-state index in [1.165, 1.54) is 24.3 Å². The van der Waals surface area contributed by atoms with E-state index in [0.717, 1.165) is 11.3 Å². The fourth-order valence-corrected chi connectivity index (χ4v) is 2.89. The number of fused-ring (bicyclic) bond motifs is 1. The van der Waals surface area contributed by atoms with Gasteiger partial charge in [0, 0.05) is 5.69 Å². The highest BCUT2D eigenvalue weighted by atomic mass is 35.5. The third-order valence-electron chi connectivity index (χ3n) is 3.98. The van der Waals surface area contributed by atoms with Crippen molar-refractivity contribution in [3.63, 3.8) is 0 Å². The number of H-pyrrole nitrogens is 1. The molecule has 0 spiro atoms. The van der Waals surface area contributed by atoms with Gasteiger partial charge in [-0.15, -0.1) is 0 Å². The van der Waals surface area contributed by atoms with Gasteiger partial charge in [-0.3, -0.25) is 0 Å². The third kappa shape index (κ3) is 2.68. The maximum absolute atomic E-state index is 13.9. The van der Waals surface area contributed by atoms with Crippen LogP contribution in [0.25, 0.3) is 33.7 Å². The molecule has 2 aromatic heterocycles. The molecule has 2 N–H and O–H groups in total. The molecule has 0 unspecified atom stereocenters. The lowest BCUT2D eigenvalue weighted by Crippen LogP contribution is -1.94. The summed E-state index contributed by atoms with van der Waals surface area (Å²) in [5, 5.41) is 9.62. The Balaban J connectivity index is 1.73. The number of hydrogen-bond acceptors (Lipinski definition) is 2. The lowest BCUT2D eigenvalue weighted by molar-refractivity contribution is 0.0697. The summed E-state index contributed by atoms with van der Waals surface area (Å²) in [7, 11) is 0. The number of aromatic amines is 1. The summed E-state index contributed by atoms with van der Waals surface area (Å²) in [6, 6.07) is 14.5. The third-order valence-corrected chi connectivity index (χ3v) is 4.27. The Hall–Kier alpha value is -3.05. The van der Waals surface area contributed by atoms with Crippen LogP contribution in [0.5, 0.6) is 0 Å². The maximum atomic E-state index is 13.9. The molecule has 4 nitrogen and oxygen atoms in total. The Bertz CT molecular complexity index is 1060. The molecule has 0 saturated carbocycles. The van der Waals surface area contributed by atoms with Gasteiger partial charge in [0.15, 0.2) is 11.3 Å². The Morgan fingerprint density at radius 1 is 1.04 bits per heavy atom. The van der Waals surface area contributed by atoms with Gasteiger partial charge >= 0.3 is 5.97 Å². The molecule has 4 aromatic rings. The number of carbonyl (C=O) groups is 1. The molecular weight excluding hydrogens is 345 g/mol. The van der Waals surface area contributed by atoms with E-state index < -0.39 is 11.8 Å². The molecule has 0 bridgehead atoms. The first-order valence-electron chi connectivity index (χ1n) is 7.43. The Morgan fingerprint density at radius 2 is 1.76 bits per heavy atom. The minimum absolute atomic E-state index is 0.220. The van der Waals surface area contributed by atoms with Crippen molar-refractivity contribution in [1.82, 2.24) is 4.98 Å². The van der Waals surface area contributed by atoms with E-state index in [1.807, 2.05) is 12.1 Å². The largest absolute Gasteiger partial charge is 0.478 e. The maximum Gasteiger partial charge on any atom is 0.335 e. The number of carboxylic acid groups (broad SMARTS) is 1. The molecule has 0 aliphatic heterocycles. The second kappa shape index (κ2) is 5.79. The van der Waals surface area contributed by atoms with Crippen LogP contribution in [0.2, 0.25) is 5.02 Å². The fourth-order valence-electron chi connectivity index (χ4n) is 2.69. The second-order valence-corrected chi connectivity index (χ2v) is 5.96. The predicted octanol–water partition coefficient (Wildman–Crippen LogP) is 5.59. The van der Waals surface area contributed by atoms with Gasteiger partial charge in [-0.25, -0.2) is 9.18 Å². The van der Waals surface area contributed by atoms with Gasteiger partial charge in [0.05, 0.1) is 21.7 Å². The zero-order chi connectivity index (χ0) is 17.6. The van der Waals surface area contributed by atoms with Crippen LogP contribution >= 0.6 is 11.6 Å². The fraction of sp³-hybridized carbons (Fsp3) is 0. The van der Waals surface area contributed by atoms with Crippen molar-refractivity contribution in [3.8, 4) is 22.7 Å². The first-order valence-corrected chi connectivity index (χ1v) is 7.81. The van der Waals surface area contributed by atoms with E-state index >= 15 is 0 Å². The average Bonchev–Trinajstić information content (AvgIpc) is 3.26. The molecule has 124 valence electrons. The highest BCUT2D eigenvalue weighted by molar-refractivity contribution is 6.34. The van der Waals surface area contributed by atoms with E-state index in [4.69, 9.17) is 21.1 Å². The summed E-state index contributed by atoms with van der Waals surface area (Å²) in [6.07, 6.45) is 0. The smallest absolute Gasteiger partial charge is 0.335 e. The first kappa shape index (κ1) is 15.5. The van der Waals surface area contributed by atoms with E-state index in [1.54, 1.807) is 18.2 Å². The van der Waals surface area contributed by atoms with E-state index in [9.17, 15) is 9.18 Å². The second-order valence-electron chi connectivity index (χ2n) is 5.55. The van der Waals surface area contributed by atoms with Crippen LogP contribution in [-0.4, -0.2) is 16.1 Å². The molecular formula is C19H11ClFNO3. The molecule has 2 aromatic carbocycles. The summed E-state index contributed by atoms with van der Waals surface area (Å²) < 4.78 is 19.6. The van der Waals surface area contributed by atoms with Crippen molar-refractivity contribution in [1.29, 1.82) is 0 Å². The van der Waals surface area contributed by atoms with Crippen molar-refractivity contribution in [2.24, 2.45) is 0 Å². The van der Waals surface area contributed by atoms with Crippen LogP contribution in [0.1, 0.15) is 10.4 Å². The number of nitrogens with one attached hydrogen (secondary N) is 1.